The molecule has 5 nitrogen and oxygen atoms in total. The van der Waals surface area contributed by atoms with Crippen molar-refractivity contribution in [2.24, 2.45) is 5.92 Å². The van der Waals surface area contributed by atoms with Crippen LogP contribution in [-0.4, -0.2) is 38.3 Å². The van der Waals surface area contributed by atoms with E-state index in [2.05, 4.69) is 10.6 Å². The van der Waals surface area contributed by atoms with Gasteiger partial charge >= 0.3 is 0 Å². The molecule has 2 fully saturated rings. The minimum Gasteiger partial charge on any atom is -0.491 e. The highest BCUT2D eigenvalue weighted by Gasteiger charge is 2.23. The van der Waals surface area contributed by atoms with Crippen molar-refractivity contribution in [3.05, 3.63) is 24.0 Å². The van der Waals surface area contributed by atoms with Crippen LogP contribution in [0.15, 0.2) is 18.2 Å². The highest BCUT2D eigenvalue weighted by Crippen LogP contribution is 2.32. The Hall–Kier alpha value is -1.37. The van der Waals surface area contributed by atoms with Crippen molar-refractivity contribution in [3.8, 4) is 5.75 Å². The number of halogens is 2. The largest absolute Gasteiger partial charge is 0.491 e. The van der Waals surface area contributed by atoms with Crippen LogP contribution in [0, 0.1) is 11.7 Å². The van der Waals surface area contributed by atoms with Crippen LogP contribution in [0.3, 0.4) is 0 Å². The Balaban J connectivity index is 0.00000192. The summed E-state index contributed by atoms with van der Waals surface area (Å²) >= 11 is 0. The van der Waals surface area contributed by atoms with E-state index < -0.39 is 0 Å². The third kappa shape index (κ3) is 5.64. The molecule has 2 N–H and O–H groups in total. The number of amides is 1. The van der Waals surface area contributed by atoms with E-state index in [0.717, 1.165) is 19.4 Å². The number of hydrogen-bond donors (Lipinski definition) is 2. The van der Waals surface area contributed by atoms with Crippen LogP contribution >= 0.6 is 12.4 Å². The van der Waals surface area contributed by atoms with Gasteiger partial charge in [-0.2, -0.15) is 0 Å². The van der Waals surface area contributed by atoms with Gasteiger partial charge in [0.1, 0.15) is 11.6 Å². The summed E-state index contributed by atoms with van der Waals surface area (Å²) in [6.07, 6.45) is 2.63. The second-order valence-electron chi connectivity index (χ2n) is 5.87. The second-order valence-corrected chi connectivity index (χ2v) is 5.87. The normalized spacial score (nSPS) is 20.5. The average molecular weight is 345 g/mol. The van der Waals surface area contributed by atoms with Gasteiger partial charge in [-0.15, -0.1) is 12.4 Å². The third-order valence-electron chi connectivity index (χ3n) is 3.82. The van der Waals surface area contributed by atoms with Crippen LogP contribution < -0.4 is 15.4 Å². The molecule has 128 valence electrons. The number of carbonyl (C=O) groups excluding carboxylic acids is 1. The first-order chi connectivity index (χ1) is 10.7. The van der Waals surface area contributed by atoms with E-state index in [1.165, 1.54) is 12.1 Å². The zero-order valence-corrected chi connectivity index (χ0v) is 13.7. The van der Waals surface area contributed by atoms with Crippen molar-refractivity contribution in [3.63, 3.8) is 0 Å². The SMILES string of the molecule is Cl.O=C(CC1COCCN1)Nc1ccc(F)cc1OCC1CC1. The lowest BCUT2D eigenvalue weighted by molar-refractivity contribution is -0.117. The summed E-state index contributed by atoms with van der Waals surface area (Å²) in [4.78, 5) is 12.1. The first-order valence-electron chi connectivity index (χ1n) is 7.74. The molecule has 1 atom stereocenters. The second kappa shape index (κ2) is 8.47. The van der Waals surface area contributed by atoms with Gasteiger partial charge in [0.2, 0.25) is 5.91 Å². The van der Waals surface area contributed by atoms with Crippen molar-refractivity contribution in [2.75, 3.05) is 31.7 Å². The lowest BCUT2D eigenvalue weighted by Crippen LogP contribution is -2.43. The predicted octanol–water partition coefficient (Wildman–Crippen LogP) is 2.35. The molecule has 1 aliphatic carbocycles. The Morgan fingerprint density at radius 2 is 2.26 bits per heavy atom. The van der Waals surface area contributed by atoms with Gasteiger partial charge in [-0.25, -0.2) is 4.39 Å². The minimum atomic E-state index is -0.369. The Morgan fingerprint density at radius 1 is 1.43 bits per heavy atom. The van der Waals surface area contributed by atoms with Crippen molar-refractivity contribution < 1.29 is 18.7 Å². The van der Waals surface area contributed by atoms with E-state index in [9.17, 15) is 9.18 Å². The molecule has 3 rings (SSSR count). The fourth-order valence-electron chi connectivity index (χ4n) is 2.39. The molecule has 7 heteroatoms. The molecule has 23 heavy (non-hydrogen) atoms. The highest BCUT2D eigenvalue weighted by atomic mass is 35.5. The molecule has 2 aliphatic rings. The molecule has 1 aliphatic heterocycles. The standard InChI is InChI=1S/C16H21FN2O3.ClH/c17-12-3-4-14(15(7-12)22-9-11-1-2-11)19-16(20)8-13-10-21-6-5-18-13;/h3-4,7,11,13,18H,1-2,5-6,8-10H2,(H,19,20);1H. The van der Waals surface area contributed by atoms with Crippen molar-refractivity contribution in [1.82, 2.24) is 5.32 Å². The fourth-order valence-corrected chi connectivity index (χ4v) is 2.39. The van der Waals surface area contributed by atoms with Gasteiger partial charge in [-0.1, -0.05) is 0 Å². The maximum Gasteiger partial charge on any atom is 0.226 e. The summed E-state index contributed by atoms with van der Waals surface area (Å²) in [5.41, 5.74) is 0.517. The van der Waals surface area contributed by atoms with Crippen molar-refractivity contribution in [1.29, 1.82) is 0 Å². The zero-order valence-electron chi connectivity index (χ0n) is 12.8. The summed E-state index contributed by atoms with van der Waals surface area (Å²) < 4.78 is 24.3. The number of rotatable bonds is 6. The van der Waals surface area contributed by atoms with Crippen LogP contribution in [0.4, 0.5) is 10.1 Å². The van der Waals surface area contributed by atoms with Crippen LogP contribution in [0.2, 0.25) is 0 Å². The number of nitrogens with one attached hydrogen (secondary N) is 2. The van der Waals surface area contributed by atoms with Gasteiger partial charge in [-0.3, -0.25) is 4.79 Å². The topological polar surface area (TPSA) is 59.6 Å². The highest BCUT2D eigenvalue weighted by molar-refractivity contribution is 5.92. The zero-order chi connectivity index (χ0) is 15.4. The Morgan fingerprint density at radius 3 is 2.96 bits per heavy atom. The maximum atomic E-state index is 13.4. The van der Waals surface area contributed by atoms with E-state index in [1.54, 1.807) is 6.07 Å². The van der Waals surface area contributed by atoms with E-state index in [0.29, 0.717) is 43.6 Å². The van der Waals surface area contributed by atoms with Gasteiger partial charge in [0, 0.05) is 25.1 Å². The molecular weight excluding hydrogens is 323 g/mol. The number of carbonyl (C=O) groups is 1. The first kappa shape index (κ1) is 18.0. The molecule has 1 aromatic carbocycles. The number of morpholine rings is 1. The quantitative estimate of drug-likeness (QED) is 0.831. The van der Waals surface area contributed by atoms with Crippen molar-refractivity contribution >= 4 is 24.0 Å². The Bertz CT molecular complexity index is 534. The summed E-state index contributed by atoms with van der Waals surface area (Å²) in [6.45, 7) is 2.53. The first-order valence-corrected chi connectivity index (χ1v) is 7.74. The van der Waals surface area contributed by atoms with Gasteiger partial charge < -0.3 is 20.1 Å². The molecule has 1 amide bonds. The monoisotopic (exact) mass is 344 g/mol. The molecule has 1 saturated heterocycles. The van der Waals surface area contributed by atoms with E-state index >= 15 is 0 Å². The molecule has 1 saturated carbocycles. The van der Waals surface area contributed by atoms with E-state index in [1.807, 2.05) is 0 Å². The summed E-state index contributed by atoms with van der Waals surface area (Å²) in [7, 11) is 0. The van der Waals surface area contributed by atoms with Gasteiger partial charge in [0.15, 0.2) is 0 Å². The lowest BCUT2D eigenvalue weighted by Gasteiger charge is -2.23. The Labute approximate surface area is 141 Å². The van der Waals surface area contributed by atoms with Crippen LogP contribution in [0.25, 0.3) is 0 Å². The fraction of sp³-hybridized carbons (Fsp3) is 0.562. The number of ether oxygens (including phenoxy) is 2. The molecule has 0 radical (unpaired) electrons. The van der Waals surface area contributed by atoms with Gasteiger partial charge in [0.25, 0.3) is 0 Å². The summed E-state index contributed by atoms with van der Waals surface area (Å²) in [5.74, 6) is 0.459. The third-order valence-corrected chi connectivity index (χ3v) is 3.82. The number of anilines is 1. The summed E-state index contributed by atoms with van der Waals surface area (Å²) in [6, 6.07) is 4.20. The smallest absolute Gasteiger partial charge is 0.226 e. The van der Waals surface area contributed by atoms with Crippen LogP contribution in [0.1, 0.15) is 19.3 Å². The Kier molecular flexibility index (Phi) is 6.62. The van der Waals surface area contributed by atoms with E-state index in [4.69, 9.17) is 9.47 Å². The van der Waals surface area contributed by atoms with Crippen LogP contribution in [0.5, 0.6) is 5.75 Å². The average Bonchev–Trinajstić information content (AvgIpc) is 3.33. The molecule has 0 bridgehead atoms. The van der Waals surface area contributed by atoms with Crippen molar-refractivity contribution in [2.45, 2.75) is 25.3 Å². The number of benzene rings is 1. The van der Waals surface area contributed by atoms with Gasteiger partial charge in [-0.05, 0) is 30.9 Å². The molecule has 1 unspecified atom stereocenters. The maximum absolute atomic E-state index is 13.4. The molecule has 1 aromatic rings. The summed E-state index contributed by atoms with van der Waals surface area (Å²) in [5, 5.41) is 6.03. The molecule has 0 aromatic heterocycles. The molecular formula is C16H22ClFN2O3. The predicted molar refractivity (Wildman–Crippen MR) is 87.7 cm³/mol. The molecule has 0 spiro atoms. The van der Waals surface area contributed by atoms with Gasteiger partial charge in [0.05, 0.1) is 25.5 Å². The lowest BCUT2D eigenvalue weighted by atomic mass is 10.2. The number of hydrogen-bond acceptors (Lipinski definition) is 4. The van der Waals surface area contributed by atoms with Crippen LogP contribution in [-0.2, 0) is 9.53 Å². The molecule has 1 heterocycles. The van der Waals surface area contributed by atoms with E-state index in [-0.39, 0.29) is 30.2 Å². The minimum absolute atomic E-state index is 0.